The predicted molar refractivity (Wildman–Crippen MR) is 72.0 cm³/mol. The SMILES string of the molecule is CCCCC(C)NC(=O)CCC1CCCCN1. The molecule has 0 aromatic heterocycles. The fourth-order valence-electron chi connectivity index (χ4n) is 2.41. The lowest BCUT2D eigenvalue weighted by Crippen LogP contribution is -2.37. The van der Waals surface area contributed by atoms with Crippen LogP contribution in [-0.2, 0) is 4.79 Å². The van der Waals surface area contributed by atoms with Gasteiger partial charge in [-0.2, -0.15) is 0 Å². The fraction of sp³-hybridized carbons (Fsp3) is 0.929. The van der Waals surface area contributed by atoms with Gasteiger partial charge in [-0.3, -0.25) is 4.79 Å². The summed E-state index contributed by atoms with van der Waals surface area (Å²) >= 11 is 0. The van der Waals surface area contributed by atoms with E-state index in [2.05, 4.69) is 24.5 Å². The first-order chi connectivity index (χ1) is 8.22. The number of carbonyl (C=O) groups is 1. The summed E-state index contributed by atoms with van der Waals surface area (Å²) in [4.78, 5) is 11.7. The Hall–Kier alpha value is -0.570. The zero-order chi connectivity index (χ0) is 12.5. The van der Waals surface area contributed by atoms with Crippen LogP contribution in [0.3, 0.4) is 0 Å². The Morgan fingerprint density at radius 1 is 1.47 bits per heavy atom. The molecule has 1 aliphatic heterocycles. The summed E-state index contributed by atoms with van der Waals surface area (Å²) in [6.45, 7) is 5.41. The molecule has 0 spiro atoms. The molecule has 3 heteroatoms. The average molecular weight is 240 g/mol. The second kappa shape index (κ2) is 8.51. The van der Waals surface area contributed by atoms with Gasteiger partial charge in [0, 0.05) is 18.5 Å². The summed E-state index contributed by atoms with van der Waals surface area (Å²) in [7, 11) is 0. The van der Waals surface area contributed by atoms with E-state index in [-0.39, 0.29) is 5.91 Å². The molecule has 2 atom stereocenters. The third kappa shape index (κ3) is 6.67. The lowest BCUT2D eigenvalue weighted by Gasteiger charge is -2.23. The maximum Gasteiger partial charge on any atom is 0.220 e. The molecular formula is C14H28N2O. The molecule has 1 rings (SSSR count). The van der Waals surface area contributed by atoms with Crippen molar-refractivity contribution >= 4 is 5.91 Å². The van der Waals surface area contributed by atoms with Crippen molar-refractivity contribution in [2.75, 3.05) is 6.54 Å². The molecule has 0 aliphatic carbocycles. The first-order valence-corrected chi connectivity index (χ1v) is 7.25. The van der Waals surface area contributed by atoms with Crippen molar-refractivity contribution < 1.29 is 4.79 Å². The van der Waals surface area contributed by atoms with E-state index in [0.717, 1.165) is 19.4 Å². The number of hydrogen-bond donors (Lipinski definition) is 2. The van der Waals surface area contributed by atoms with Crippen molar-refractivity contribution in [1.29, 1.82) is 0 Å². The van der Waals surface area contributed by atoms with Crippen LogP contribution < -0.4 is 10.6 Å². The summed E-state index contributed by atoms with van der Waals surface area (Å²) < 4.78 is 0. The maximum atomic E-state index is 11.7. The van der Waals surface area contributed by atoms with Crippen LogP contribution in [0.25, 0.3) is 0 Å². The number of amides is 1. The molecular weight excluding hydrogens is 212 g/mol. The van der Waals surface area contributed by atoms with Gasteiger partial charge in [0.1, 0.15) is 0 Å². The largest absolute Gasteiger partial charge is 0.354 e. The van der Waals surface area contributed by atoms with Crippen LogP contribution in [0.4, 0.5) is 0 Å². The second-order valence-electron chi connectivity index (χ2n) is 5.30. The van der Waals surface area contributed by atoms with Gasteiger partial charge in [0.15, 0.2) is 0 Å². The van der Waals surface area contributed by atoms with Gasteiger partial charge in [-0.15, -0.1) is 0 Å². The Morgan fingerprint density at radius 3 is 2.94 bits per heavy atom. The topological polar surface area (TPSA) is 41.1 Å². The fourth-order valence-corrected chi connectivity index (χ4v) is 2.41. The zero-order valence-electron chi connectivity index (χ0n) is 11.4. The van der Waals surface area contributed by atoms with Gasteiger partial charge in [0.25, 0.3) is 0 Å². The Bertz CT molecular complexity index is 212. The molecule has 1 saturated heterocycles. The highest BCUT2D eigenvalue weighted by atomic mass is 16.1. The van der Waals surface area contributed by atoms with E-state index in [9.17, 15) is 4.79 Å². The average Bonchev–Trinajstić information content (AvgIpc) is 2.35. The molecule has 1 fully saturated rings. The van der Waals surface area contributed by atoms with E-state index in [4.69, 9.17) is 0 Å². The molecule has 1 heterocycles. The Balaban J connectivity index is 2.07. The van der Waals surface area contributed by atoms with E-state index < -0.39 is 0 Å². The minimum Gasteiger partial charge on any atom is -0.354 e. The number of hydrogen-bond acceptors (Lipinski definition) is 2. The van der Waals surface area contributed by atoms with Crippen LogP contribution in [0.5, 0.6) is 0 Å². The van der Waals surface area contributed by atoms with Gasteiger partial charge in [-0.1, -0.05) is 26.2 Å². The number of rotatable bonds is 7. The standard InChI is InChI=1S/C14H28N2O/c1-3-4-7-12(2)16-14(17)10-9-13-8-5-6-11-15-13/h12-13,15H,3-11H2,1-2H3,(H,16,17). The quantitative estimate of drug-likeness (QED) is 0.718. The lowest BCUT2D eigenvalue weighted by molar-refractivity contribution is -0.122. The van der Waals surface area contributed by atoms with Gasteiger partial charge in [0.2, 0.25) is 5.91 Å². The molecule has 3 nitrogen and oxygen atoms in total. The van der Waals surface area contributed by atoms with Gasteiger partial charge >= 0.3 is 0 Å². The Morgan fingerprint density at radius 2 is 2.29 bits per heavy atom. The molecule has 0 aromatic rings. The lowest BCUT2D eigenvalue weighted by atomic mass is 10.0. The highest BCUT2D eigenvalue weighted by molar-refractivity contribution is 5.76. The van der Waals surface area contributed by atoms with Crippen LogP contribution in [0.15, 0.2) is 0 Å². The van der Waals surface area contributed by atoms with Gasteiger partial charge in [-0.05, 0) is 39.2 Å². The summed E-state index contributed by atoms with van der Waals surface area (Å²) in [6.07, 6.45) is 9.00. The summed E-state index contributed by atoms with van der Waals surface area (Å²) in [5.74, 6) is 0.223. The molecule has 2 N–H and O–H groups in total. The monoisotopic (exact) mass is 240 g/mol. The predicted octanol–water partition coefficient (Wildman–Crippen LogP) is 2.60. The molecule has 0 aromatic carbocycles. The van der Waals surface area contributed by atoms with E-state index in [1.165, 1.54) is 32.1 Å². The van der Waals surface area contributed by atoms with Crippen molar-refractivity contribution in [3.05, 3.63) is 0 Å². The molecule has 0 bridgehead atoms. The Kier molecular flexibility index (Phi) is 7.25. The molecule has 1 aliphatic rings. The summed E-state index contributed by atoms with van der Waals surface area (Å²) in [5.41, 5.74) is 0. The van der Waals surface area contributed by atoms with E-state index in [1.54, 1.807) is 0 Å². The third-order valence-electron chi connectivity index (χ3n) is 3.53. The zero-order valence-corrected chi connectivity index (χ0v) is 11.4. The molecule has 0 radical (unpaired) electrons. The summed E-state index contributed by atoms with van der Waals surface area (Å²) in [6, 6.07) is 0.905. The molecule has 100 valence electrons. The first-order valence-electron chi connectivity index (χ1n) is 7.25. The second-order valence-corrected chi connectivity index (χ2v) is 5.30. The van der Waals surface area contributed by atoms with Gasteiger partial charge in [-0.25, -0.2) is 0 Å². The Labute approximate surface area is 106 Å². The minimum atomic E-state index is 0.223. The van der Waals surface area contributed by atoms with Crippen LogP contribution >= 0.6 is 0 Å². The molecule has 17 heavy (non-hydrogen) atoms. The van der Waals surface area contributed by atoms with Crippen molar-refractivity contribution in [2.45, 2.75) is 77.3 Å². The van der Waals surface area contributed by atoms with Gasteiger partial charge in [0.05, 0.1) is 0 Å². The number of nitrogens with one attached hydrogen (secondary N) is 2. The van der Waals surface area contributed by atoms with Crippen LogP contribution in [-0.4, -0.2) is 24.5 Å². The van der Waals surface area contributed by atoms with Crippen molar-refractivity contribution in [2.24, 2.45) is 0 Å². The van der Waals surface area contributed by atoms with Crippen molar-refractivity contribution in [3.63, 3.8) is 0 Å². The van der Waals surface area contributed by atoms with Gasteiger partial charge < -0.3 is 10.6 Å². The highest BCUT2D eigenvalue weighted by Gasteiger charge is 2.14. The number of piperidine rings is 1. The third-order valence-corrected chi connectivity index (χ3v) is 3.53. The number of unbranched alkanes of at least 4 members (excludes halogenated alkanes) is 1. The smallest absolute Gasteiger partial charge is 0.220 e. The van der Waals surface area contributed by atoms with Crippen LogP contribution in [0, 0.1) is 0 Å². The molecule has 0 saturated carbocycles. The summed E-state index contributed by atoms with van der Waals surface area (Å²) in [5, 5.41) is 6.57. The van der Waals surface area contributed by atoms with Crippen LogP contribution in [0.1, 0.15) is 65.2 Å². The normalized spacial score (nSPS) is 22.1. The van der Waals surface area contributed by atoms with Crippen molar-refractivity contribution in [3.8, 4) is 0 Å². The first kappa shape index (κ1) is 14.5. The minimum absolute atomic E-state index is 0.223. The van der Waals surface area contributed by atoms with E-state index in [0.29, 0.717) is 18.5 Å². The maximum absolute atomic E-state index is 11.7. The molecule has 1 amide bonds. The number of carbonyl (C=O) groups excluding carboxylic acids is 1. The highest BCUT2D eigenvalue weighted by Crippen LogP contribution is 2.11. The molecule has 2 unspecified atom stereocenters. The van der Waals surface area contributed by atoms with E-state index in [1.807, 2.05) is 0 Å². The van der Waals surface area contributed by atoms with Crippen LogP contribution in [0.2, 0.25) is 0 Å². The van der Waals surface area contributed by atoms with E-state index >= 15 is 0 Å². The van der Waals surface area contributed by atoms with Crippen molar-refractivity contribution in [1.82, 2.24) is 10.6 Å².